The number of hydrogen-bond acceptors (Lipinski definition) is 3. The molecule has 1 heterocycles. The fourth-order valence-corrected chi connectivity index (χ4v) is 5.02. The largest absolute Gasteiger partial charge is 0.325 e. The summed E-state index contributed by atoms with van der Waals surface area (Å²) in [5.74, 6) is 0.744. The fraction of sp³-hybridized carbons (Fsp3) is 0.409. The molecule has 0 saturated carbocycles. The summed E-state index contributed by atoms with van der Waals surface area (Å²) in [6, 6.07) is 14.5. The van der Waals surface area contributed by atoms with Gasteiger partial charge in [-0.05, 0) is 25.1 Å². The van der Waals surface area contributed by atoms with E-state index in [1.165, 1.54) is 6.07 Å². The molecule has 0 bridgehead atoms. The van der Waals surface area contributed by atoms with Crippen molar-refractivity contribution in [3.63, 3.8) is 0 Å². The third-order valence-electron chi connectivity index (χ3n) is 4.92. The van der Waals surface area contributed by atoms with E-state index in [9.17, 15) is 9.18 Å². The van der Waals surface area contributed by atoms with Crippen LogP contribution in [0.3, 0.4) is 0 Å². The number of nitrogens with zero attached hydrogens (tertiary/aromatic N) is 2. The van der Waals surface area contributed by atoms with Crippen molar-refractivity contribution in [2.75, 3.05) is 25.4 Å². The Morgan fingerprint density at radius 3 is 2.75 bits per heavy atom. The maximum Gasteiger partial charge on any atom is 0.237 e. The van der Waals surface area contributed by atoms with E-state index >= 15 is 0 Å². The first kappa shape index (κ1) is 21.2. The van der Waals surface area contributed by atoms with Crippen LogP contribution in [-0.2, 0) is 11.3 Å². The van der Waals surface area contributed by atoms with Crippen molar-refractivity contribution < 1.29 is 9.18 Å². The number of amides is 1. The highest BCUT2D eigenvalue weighted by Crippen LogP contribution is 2.40. The van der Waals surface area contributed by atoms with E-state index in [0.717, 1.165) is 30.7 Å². The summed E-state index contributed by atoms with van der Waals surface area (Å²) in [6.07, 6.45) is 2.01. The van der Waals surface area contributed by atoms with Gasteiger partial charge in [0.15, 0.2) is 0 Å². The second kappa shape index (κ2) is 10.3. The Hall–Kier alpha value is -1.56. The molecule has 1 fully saturated rings. The third kappa shape index (κ3) is 5.28. The van der Waals surface area contributed by atoms with Crippen molar-refractivity contribution in [3.8, 4) is 0 Å². The van der Waals surface area contributed by atoms with Crippen LogP contribution in [-0.4, -0.2) is 41.1 Å². The van der Waals surface area contributed by atoms with E-state index in [0.29, 0.717) is 23.7 Å². The lowest BCUT2D eigenvalue weighted by atomic mass is 10.1. The average molecular weight is 421 g/mol. The van der Waals surface area contributed by atoms with Crippen LogP contribution in [0.4, 0.5) is 4.39 Å². The molecule has 2 aromatic rings. The predicted octanol–water partition coefficient (Wildman–Crippen LogP) is 5.36. The maximum atomic E-state index is 14.1. The summed E-state index contributed by atoms with van der Waals surface area (Å²) < 4.78 is 14.1. The molecule has 6 heteroatoms. The Kier molecular flexibility index (Phi) is 7.77. The van der Waals surface area contributed by atoms with Gasteiger partial charge in [-0.3, -0.25) is 9.69 Å². The molecule has 0 spiro atoms. The quantitative estimate of drug-likeness (QED) is 0.574. The van der Waals surface area contributed by atoms with Gasteiger partial charge in [0.2, 0.25) is 5.91 Å². The maximum absolute atomic E-state index is 14.1. The minimum atomic E-state index is -0.220. The number of benzene rings is 2. The molecule has 150 valence electrons. The van der Waals surface area contributed by atoms with E-state index < -0.39 is 0 Å². The van der Waals surface area contributed by atoms with Gasteiger partial charge in [0.1, 0.15) is 11.2 Å². The standard InChI is InChI=1S/C22H26ClFN2OS/c1-2-3-12-25(15-17-8-4-7-11-20(17)24)16-21(27)26-13-14-28-22(26)18-9-5-6-10-19(18)23/h4-11,22H,2-3,12-16H2,1H3. The number of carbonyl (C=O) groups excluding carboxylic acids is 1. The van der Waals surface area contributed by atoms with Gasteiger partial charge in [-0.25, -0.2) is 4.39 Å². The molecule has 3 nitrogen and oxygen atoms in total. The molecule has 0 aliphatic carbocycles. The lowest BCUT2D eigenvalue weighted by Gasteiger charge is -2.29. The number of hydrogen-bond donors (Lipinski definition) is 0. The molecule has 1 amide bonds. The zero-order valence-electron chi connectivity index (χ0n) is 16.1. The van der Waals surface area contributed by atoms with Gasteiger partial charge in [0, 0.05) is 35.0 Å². The van der Waals surface area contributed by atoms with Crippen LogP contribution in [0.2, 0.25) is 5.02 Å². The van der Waals surface area contributed by atoms with Crippen LogP contribution in [0, 0.1) is 5.82 Å². The Morgan fingerprint density at radius 2 is 2.00 bits per heavy atom. The molecule has 0 N–H and O–H groups in total. The molecule has 1 atom stereocenters. The first-order valence-corrected chi connectivity index (χ1v) is 11.1. The second-order valence-electron chi connectivity index (χ2n) is 6.99. The van der Waals surface area contributed by atoms with Crippen LogP contribution in [0.15, 0.2) is 48.5 Å². The van der Waals surface area contributed by atoms with Gasteiger partial charge >= 0.3 is 0 Å². The molecule has 2 aromatic carbocycles. The number of rotatable bonds is 8. The van der Waals surface area contributed by atoms with Gasteiger partial charge in [-0.15, -0.1) is 11.8 Å². The van der Waals surface area contributed by atoms with Crippen molar-refractivity contribution in [2.45, 2.75) is 31.7 Å². The van der Waals surface area contributed by atoms with Crippen LogP contribution in [0.25, 0.3) is 0 Å². The van der Waals surface area contributed by atoms with Gasteiger partial charge in [0.25, 0.3) is 0 Å². The Morgan fingerprint density at radius 1 is 1.25 bits per heavy atom. The molecule has 3 rings (SSSR count). The molecule has 0 radical (unpaired) electrons. The van der Waals surface area contributed by atoms with Crippen molar-refractivity contribution in [1.29, 1.82) is 0 Å². The smallest absolute Gasteiger partial charge is 0.237 e. The Balaban J connectivity index is 1.71. The molecule has 1 aliphatic rings. The average Bonchev–Trinajstić information content (AvgIpc) is 3.18. The van der Waals surface area contributed by atoms with E-state index in [1.54, 1.807) is 23.9 Å². The number of thioether (sulfide) groups is 1. The van der Waals surface area contributed by atoms with Crippen molar-refractivity contribution >= 4 is 29.3 Å². The summed E-state index contributed by atoms with van der Waals surface area (Å²) in [4.78, 5) is 17.1. The first-order valence-electron chi connectivity index (χ1n) is 9.71. The zero-order chi connectivity index (χ0) is 19.9. The van der Waals surface area contributed by atoms with Gasteiger partial charge < -0.3 is 4.90 Å². The lowest BCUT2D eigenvalue weighted by molar-refractivity contribution is -0.132. The highest BCUT2D eigenvalue weighted by molar-refractivity contribution is 7.99. The minimum absolute atomic E-state index is 0.0531. The lowest BCUT2D eigenvalue weighted by Crippen LogP contribution is -2.40. The SMILES string of the molecule is CCCCN(CC(=O)N1CCSC1c1ccccc1Cl)Cc1ccccc1F. The van der Waals surface area contributed by atoms with Crippen molar-refractivity contribution in [1.82, 2.24) is 9.80 Å². The molecular formula is C22H26ClFN2OS. The van der Waals surface area contributed by atoms with Crippen LogP contribution < -0.4 is 0 Å². The summed E-state index contributed by atoms with van der Waals surface area (Å²) in [5, 5.41) is 0.636. The van der Waals surface area contributed by atoms with Crippen molar-refractivity contribution in [2.24, 2.45) is 0 Å². The minimum Gasteiger partial charge on any atom is -0.325 e. The molecule has 0 aromatic heterocycles. The topological polar surface area (TPSA) is 23.6 Å². The summed E-state index contributed by atoms with van der Waals surface area (Å²) in [7, 11) is 0. The summed E-state index contributed by atoms with van der Waals surface area (Å²) in [6.45, 7) is 4.33. The van der Waals surface area contributed by atoms with Gasteiger partial charge in [0.05, 0.1) is 6.54 Å². The highest BCUT2D eigenvalue weighted by Gasteiger charge is 2.32. The highest BCUT2D eigenvalue weighted by atomic mass is 35.5. The van der Waals surface area contributed by atoms with Crippen molar-refractivity contribution in [3.05, 3.63) is 70.5 Å². The Bertz CT molecular complexity index is 804. The van der Waals surface area contributed by atoms with E-state index in [4.69, 9.17) is 11.6 Å². The molecule has 1 saturated heterocycles. The van der Waals surface area contributed by atoms with Crippen LogP contribution >= 0.6 is 23.4 Å². The molecule has 1 unspecified atom stereocenters. The number of carbonyl (C=O) groups is 1. The van der Waals surface area contributed by atoms with Gasteiger partial charge in [-0.2, -0.15) is 0 Å². The summed E-state index contributed by atoms with van der Waals surface area (Å²) in [5.41, 5.74) is 1.61. The van der Waals surface area contributed by atoms with E-state index in [2.05, 4.69) is 11.8 Å². The van der Waals surface area contributed by atoms with Gasteiger partial charge in [-0.1, -0.05) is 61.3 Å². The normalized spacial score (nSPS) is 16.7. The second-order valence-corrected chi connectivity index (χ2v) is 8.58. The molecule has 28 heavy (non-hydrogen) atoms. The molecular weight excluding hydrogens is 395 g/mol. The number of halogens is 2. The fourth-order valence-electron chi connectivity index (χ4n) is 3.40. The summed E-state index contributed by atoms with van der Waals surface area (Å²) >= 11 is 8.11. The predicted molar refractivity (Wildman–Crippen MR) is 115 cm³/mol. The first-order chi connectivity index (χ1) is 13.6. The monoisotopic (exact) mass is 420 g/mol. The Labute approximate surface area is 175 Å². The van der Waals surface area contributed by atoms with E-state index in [-0.39, 0.29) is 23.6 Å². The number of unbranched alkanes of at least 4 members (excludes halogenated alkanes) is 1. The van der Waals surface area contributed by atoms with Crippen LogP contribution in [0.1, 0.15) is 36.3 Å². The zero-order valence-corrected chi connectivity index (χ0v) is 17.7. The van der Waals surface area contributed by atoms with E-state index in [1.807, 2.05) is 35.2 Å². The van der Waals surface area contributed by atoms with Crippen LogP contribution in [0.5, 0.6) is 0 Å². The molecule has 1 aliphatic heterocycles. The third-order valence-corrected chi connectivity index (χ3v) is 6.51.